The van der Waals surface area contributed by atoms with Gasteiger partial charge in [-0.3, -0.25) is 19.3 Å². The summed E-state index contributed by atoms with van der Waals surface area (Å²) in [5.41, 5.74) is 4.83. The van der Waals surface area contributed by atoms with Crippen LogP contribution in [0.3, 0.4) is 0 Å². The molecule has 0 saturated carbocycles. The van der Waals surface area contributed by atoms with Gasteiger partial charge in [-0.2, -0.15) is 0 Å². The van der Waals surface area contributed by atoms with Crippen LogP contribution >= 0.6 is 0 Å². The first-order valence-corrected chi connectivity index (χ1v) is 9.37. The van der Waals surface area contributed by atoms with E-state index in [9.17, 15) is 14.4 Å². The summed E-state index contributed by atoms with van der Waals surface area (Å²) in [4.78, 5) is 39.1. The van der Waals surface area contributed by atoms with Gasteiger partial charge in [0.05, 0.1) is 17.7 Å². The average molecular weight is 384 g/mol. The third kappa shape index (κ3) is 3.55. The van der Waals surface area contributed by atoms with Crippen molar-refractivity contribution in [3.8, 4) is 0 Å². The number of fused-ring (bicyclic) bond motifs is 1. The Bertz CT molecular complexity index is 1120. The highest BCUT2D eigenvalue weighted by Gasteiger charge is 2.34. The van der Waals surface area contributed by atoms with E-state index in [2.05, 4.69) is 5.32 Å². The molecule has 1 heterocycles. The molecule has 1 aliphatic heterocycles. The third-order valence-corrected chi connectivity index (χ3v) is 5.05. The number of nitrogens with one attached hydrogen (secondary N) is 1. The van der Waals surface area contributed by atoms with Crippen LogP contribution in [0.4, 0.5) is 5.69 Å². The van der Waals surface area contributed by atoms with Crippen LogP contribution in [0.5, 0.6) is 0 Å². The molecule has 3 aromatic carbocycles. The maximum absolute atomic E-state index is 12.7. The SMILES string of the molecule is Cc1ccc(C)c(NC(=O)c2cccc(CN3C(=O)c4ccccc4C3=O)c2)c1. The Labute approximate surface area is 169 Å². The van der Waals surface area contributed by atoms with Crippen molar-refractivity contribution >= 4 is 23.4 Å². The number of aryl methyl sites for hydroxylation is 2. The predicted molar refractivity (Wildman–Crippen MR) is 111 cm³/mol. The lowest BCUT2D eigenvalue weighted by Gasteiger charge is -2.15. The van der Waals surface area contributed by atoms with E-state index in [1.165, 1.54) is 4.90 Å². The molecular formula is C24H20N2O3. The predicted octanol–water partition coefficient (Wildman–Crippen LogP) is 4.35. The second-order valence-corrected chi connectivity index (χ2v) is 7.21. The number of hydrogen-bond acceptors (Lipinski definition) is 3. The summed E-state index contributed by atoms with van der Waals surface area (Å²) in [6.07, 6.45) is 0. The van der Waals surface area contributed by atoms with Crippen molar-refractivity contribution < 1.29 is 14.4 Å². The Hall–Kier alpha value is -3.73. The summed E-state index contributed by atoms with van der Waals surface area (Å²) in [6, 6.07) is 19.7. The topological polar surface area (TPSA) is 66.5 Å². The maximum Gasteiger partial charge on any atom is 0.261 e. The van der Waals surface area contributed by atoms with Crippen LogP contribution in [-0.4, -0.2) is 22.6 Å². The normalized spacial score (nSPS) is 12.8. The van der Waals surface area contributed by atoms with E-state index in [0.29, 0.717) is 22.3 Å². The van der Waals surface area contributed by atoms with Gasteiger partial charge in [0.25, 0.3) is 17.7 Å². The molecule has 0 saturated heterocycles. The summed E-state index contributed by atoms with van der Waals surface area (Å²) in [7, 11) is 0. The molecule has 5 heteroatoms. The average Bonchev–Trinajstić information content (AvgIpc) is 2.96. The first kappa shape index (κ1) is 18.6. The maximum atomic E-state index is 12.7. The van der Waals surface area contributed by atoms with Crippen LogP contribution < -0.4 is 5.32 Å². The Morgan fingerprint density at radius 3 is 2.24 bits per heavy atom. The van der Waals surface area contributed by atoms with Gasteiger partial charge in [0, 0.05) is 11.3 Å². The zero-order valence-corrected chi connectivity index (χ0v) is 16.2. The van der Waals surface area contributed by atoms with E-state index in [1.54, 1.807) is 48.5 Å². The van der Waals surface area contributed by atoms with Gasteiger partial charge in [0.2, 0.25) is 0 Å². The molecule has 1 N–H and O–H groups in total. The quantitative estimate of drug-likeness (QED) is 0.680. The highest BCUT2D eigenvalue weighted by atomic mass is 16.2. The molecule has 4 rings (SSSR count). The van der Waals surface area contributed by atoms with Crippen LogP contribution in [0.2, 0.25) is 0 Å². The fraction of sp³-hybridized carbons (Fsp3) is 0.125. The standard InChI is InChI=1S/C24H20N2O3/c1-15-10-11-16(2)21(12-15)25-22(27)18-7-5-6-17(13-18)14-26-23(28)19-8-3-4-9-20(19)24(26)29/h3-13H,14H2,1-2H3,(H,25,27). The molecule has 1 aliphatic rings. The highest BCUT2D eigenvalue weighted by Crippen LogP contribution is 2.24. The molecule has 0 unspecified atom stereocenters. The van der Waals surface area contributed by atoms with Crippen LogP contribution in [0.15, 0.2) is 66.7 Å². The molecule has 0 atom stereocenters. The molecule has 0 bridgehead atoms. The second kappa shape index (κ2) is 7.36. The first-order chi connectivity index (χ1) is 13.9. The molecule has 144 valence electrons. The number of carbonyl (C=O) groups excluding carboxylic acids is 3. The minimum Gasteiger partial charge on any atom is -0.322 e. The Morgan fingerprint density at radius 1 is 0.862 bits per heavy atom. The van der Waals surface area contributed by atoms with Crippen LogP contribution in [0.1, 0.15) is 47.8 Å². The van der Waals surface area contributed by atoms with Gasteiger partial charge in [-0.15, -0.1) is 0 Å². The lowest BCUT2D eigenvalue weighted by atomic mass is 10.1. The zero-order valence-electron chi connectivity index (χ0n) is 16.2. The first-order valence-electron chi connectivity index (χ1n) is 9.37. The van der Waals surface area contributed by atoms with Gasteiger partial charge in [0.15, 0.2) is 0 Å². The molecule has 0 radical (unpaired) electrons. The summed E-state index contributed by atoms with van der Waals surface area (Å²) in [5, 5.41) is 2.93. The minimum atomic E-state index is -0.309. The molecule has 0 spiro atoms. The van der Waals surface area contributed by atoms with E-state index < -0.39 is 0 Å². The van der Waals surface area contributed by atoms with Crippen molar-refractivity contribution in [1.29, 1.82) is 0 Å². The van der Waals surface area contributed by atoms with Gasteiger partial charge in [0.1, 0.15) is 0 Å². The number of rotatable bonds is 4. The van der Waals surface area contributed by atoms with Crippen molar-refractivity contribution in [2.24, 2.45) is 0 Å². The molecule has 0 aromatic heterocycles. The van der Waals surface area contributed by atoms with Crippen molar-refractivity contribution in [3.05, 3.63) is 100 Å². The zero-order chi connectivity index (χ0) is 20.5. The lowest BCUT2D eigenvalue weighted by Crippen LogP contribution is -2.29. The molecule has 3 amide bonds. The van der Waals surface area contributed by atoms with Gasteiger partial charge in [-0.1, -0.05) is 36.4 Å². The minimum absolute atomic E-state index is 0.122. The summed E-state index contributed by atoms with van der Waals surface area (Å²) in [6.45, 7) is 4.03. The highest BCUT2D eigenvalue weighted by molar-refractivity contribution is 6.21. The Kier molecular flexibility index (Phi) is 4.72. The number of anilines is 1. The van der Waals surface area contributed by atoms with Crippen LogP contribution in [0, 0.1) is 13.8 Å². The monoisotopic (exact) mass is 384 g/mol. The number of nitrogens with zero attached hydrogens (tertiary/aromatic N) is 1. The molecule has 0 fully saturated rings. The van der Waals surface area contributed by atoms with E-state index >= 15 is 0 Å². The lowest BCUT2D eigenvalue weighted by molar-refractivity contribution is 0.0642. The van der Waals surface area contributed by atoms with Gasteiger partial charge in [-0.05, 0) is 60.9 Å². The number of imide groups is 1. The van der Waals surface area contributed by atoms with Crippen molar-refractivity contribution in [1.82, 2.24) is 4.90 Å². The molecule has 0 aliphatic carbocycles. The molecular weight excluding hydrogens is 364 g/mol. The number of hydrogen-bond donors (Lipinski definition) is 1. The number of benzene rings is 3. The second-order valence-electron chi connectivity index (χ2n) is 7.21. The molecule has 5 nitrogen and oxygen atoms in total. The summed E-state index contributed by atoms with van der Waals surface area (Å²) < 4.78 is 0. The van der Waals surface area contributed by atoms with E-state index in [4.69, 9.17) is 0 Å². The Balaban J connectivity index is 1.54. The van der Waals surface area contributed by atoms with Crippen molar-refractivity contribution in [2.75, 3.05) is 5.32 Å². The number of carbonyl (C=O) groups is 3. The third-order valence-electron chi connectivity index (χ3n) is 5.05. The largest absolute Gasteiger partial charge is 0.322 e. The number of amides is 3. The molecule has 3 aromatic rings. The van der Waals surface area contributed by atoms with E-state index in [1.807, 2.05) is 32.0 Å². The van der Waals surface area contributed by atoms with Gasteiger partial charge >= 0.3 is 0 Å². The Morgan fingerprint density at radius 2 is 1.55 bits per heavy atom. The van der Waals surface area contributed by atoms with Gasteiger partial charge in [-0.25, -0.2) is 0 Å². The fourth-order valence-corrected chi connectivity index (χ4v) is 3.44. The fourth-order valence-electron chi connectivity index (χ4n) is 3.44. The van der Waals surface area contributed by atoms with Gasteiger partial charge < -0.3 is 5.32 Å². The van der Waals surface area contributed by atoms with E-state index in [0.717, 1.165) is 16.8 Å². The van der Waals surface area contributed by atoms with Crippen molar-refractivity contribution in [2.45, 2.75) is 20.4 Å². The van der Waals surface area contributed by atoms with Crippen molar-refractivity contribution in [3.63, 3.8) is 0 Å². The summed E-state index contributed by atoms with van der Waals surface area (Å²) in [5.74, 6) is -0.852. The summed E-state index contributed by atoms with van der Waals surface area (Å²) >= 11 is 0. The molecule has 29 heavy (non-hydrogen) atoms. The van der Waals surface area contributed by atoms with E-state index in [-0.39, 0.29) is 24.3 Å². The van der Waals surface area contributed by atoms with Crippen LogP contribution in [-0.2, 0) is 6.54 Å². The van der Waals surface area contributed by atoms with Crippen LogP contribution in [0.25, 0.3) is 0 Å². The smallest absolute Gasteiger partial charge is 0.261 e.